The van der Waals surface area contributed by atoms with Gasteiger partial charge in [-0.05, 0) is 19.1 Å². The number of hydrogen-bond donors (Lipinski definition) is 2. The van der Waals surface area contributed by atoms with Crippen LogP contribution in [0, 0.1) is 10.1 Å². The molecule has 0 saturated carbocycles. The van der Waals surface area contributed by atoms with E-state index in [1.165, 1.54) is 31.3 Å². The van der Waals surface area contributed by atoms with Gasteiger partial charge in [-0.25, -0.2) is 4.79 Å². The van der Waals surface area contributed by atoms with Crippen LogP contribution in [0.4, 0.5) is 11.4 Å². The zero-order valence-corrected chi connectivity index (χ0v) is 13.8. The molecule has 132 valence electrons. The molecule has 2 aromatic carbocycles. The normalized spacial score (nSPS) is 11.7. The number of aromatic nitrogens is 1. The number of nitrogens with zero attached hydrogens (tertiary/aromatic N) is 1. The first-order chi connectivity index (χ1) is 12.5. The first-order valence-electron chi connectivity index (χ1n) is 7.78. The van der Waals surface area contributed by atoms with E-state index in [0.29, 0.717) is 10.9 Å². The summed E-state index contributed by atoms with van der Waals surface area (Å²) in [5, 5.41) is 14.1. The van der Waals surface area contributed by atoms with Gasteiger partial charge < -0.3 is 15.0 Å². The van der Waals surface area contributed by atoms with Gasteiger partial charge in [0.1, 0.15) is 5.69 Å². The molecule has 0 fully saturated rings. The quantitative estimate of drug-likeness (QED) is 0.415. The SMILES string of the molecule is C[C@H](OC(=O)c1c[nH]c2ccccc12)C(=O)Nc1ccccc1[N+](=O)[O-]. The van der Waals surface area contributed by atoms with E-state index in [9.17, 15) is 19.7 Å². The molecule has 1 atom stereocenters. The van der Waals surface area contributed by atoms with Crippen molar-refractivity contribution >= 4 is 34.2 Å². The summed E-state index contributed by atoms with van der Waals surface area (Å²) in [7, 11) is 0. The minimum absolute atomic E-state index is 0.0393. The van der Waals surface area contributed by atoms with Gasteiger partial charge in [-0.2, -0.15) is 0 Å². The van der Waals surface area contributed by atoms with Crippen molar-refractivity contribution in [2.45, 2.75) is 13.0 Å². The molecule has 1 aromatic heterocycles. The number of rotatable bonds is 5. The van der Waals surface area contributed by atoms with Gasteiger partial charge in [0, 0.05) is 23.2 Å². The molecule has 3 rings (SSSR count). The van der Waals surface area contributed by atoms with E-state index in [2.05, 4.69) is 10.3 Å². The average Bonchev–Trinajstić information content (AvgIpc) is 3.06. The fourth-order valence-electron chi connectivity index (χ4n) is 2.49. The Morgan fingerprint density at radius 2 is 1.85 bits per heavy atom. The van der Waals surface area contributed by atoms with Gasteiger partial charge in [-0.15, -0.1) is 0 Å². The number of aromatic amines is 1. The number of carbonyl (C=O) groups is 2. The molecule has 0 aliphatic carbocycles. The molecule has 0 radical (unpaired) electrons. The van der Waals surface area contributed by atoms with Crippen LogP contribution >= 0.6 is 0 Å². The lowest BCUT2D eigenvalue weighted by Gasteiger charge is -2.13. The minimum Gasteiger partial charge on any atom is -0.449 e. The lowest BCUT2D eigenvalue weighted by atomic mass is 10.2. The highest BCUT2D eigenvalue weighted by atomic mass is 16.6. The van der Waals surface area contributed by atoms with E-state index in [1.54, 1.807) is 18.2 Å². The van der Waals surface area contributed by atoms with Crippen LogP contribution in [0.3, 0.4) is 0 Å². The maximum Gasteiger partial charge on any atom is 0.341 e. The van der Waals surface area contributed by atoms with Crippen molar-refractivity contribution in [3.05, 3.63) is 70.4 Å². The molecule has 8 heteroatoms. The monoisotopic (exact) mass is 353 g/mol. The number of para-hydroxylation sites is 3. The van der Waals surface area contributed by atoms with Crippen LogP contribution in [0.25, 0.3) is 10.9 Å². The number of anilines is 1. The molecule has 0 saturated heterocycles. The highest BCUT2D eigenvalue weighted by Gasteiger charge is 2.23. The second kappa shape index (κ2) is 7.06. The summed E-state index contributed by atoms with van der Waals surface area (Å²) >= 11 is 0. The lowest BCUT2D eigenvalue weighted by molar-refractivity contribution is -0.383. The van der Waals surface area contributed by atoms with Crippen molar-refractivity contribution in [2.75, 3.05) is 5.32 Å². The van der Waals surface area contributed by atoms with Crippen molar-refractivity contribution in [2.24, 2.45) is 0 Å². The topological polar surface area (TPSA) is 114 Å². The Balaban J connectivity index is 1.72. The Labute approximate surface area is 147 Å². The van der Waals surface area contributed by atoms with E-state index >= 15 is 0 Å². The predicted molar refractivity (Wildman–Crippen MR) is 94.9 cm³/mol. The molecule has 0 aliphatic rings. The Bertz CT molecular complexity index is 995. The Morgan fingerprint density at radius 3 is 2.62 bits per heavy atom. The van der Waals surface area contributed by atoms with Gasteiger partial charge in [-0.3, -0.25) is 14.9 Å². The van der Waals surface area contributed by atoms with Crippen molar-refractivity contribution in [1.29, 1.82) is 0 Å². The third kappa shape index (κ3) is 3.39. The number of nitro groups is 1. The largest absolute Gasteiger partial charge is 0.449 e. The van der Waals surface area contributed by atoms with Crippen LogP contribution in [0.1, 0.15) is 17.3 Å². The molecule has 3 aromatic rings. The number of nitro benzene ring substituents is 1. The smallest absolute Gasteiger partial charge is 0.341 e. The Morgan fingerprint density at radius 1 is 1.15 bits per heavy atom. The zero-order valence-electron chi connectivity index (χ0n) is 13.8. The first kappa shape index (κ1) is 17.2. The summed E-state index contributed by atoms with van der Waals surface area (Å²) in [6.45, 7) is 1.40. The van der Waals surface area contributed by atoms with Crippen LogP contribution in [0.15, 0.2) is 54.7 Å². The molecule has 26 heavy (non-hydrogen) atoms. The van der Waals surface area contributed by atoms with E-state index in [1.807, 2.05) is 12.1 Å². The number of hydrogen-bond acceptors (Lipinski definition) is 5. The average molecular weight is 353 g/mol. The van der Waals surface area contributed by atoms with Gasteiger partial charge in [0.05, 0.1) is 10.5 Å². The summed E-state index contributed by atoms with van der Waals surface area (Å²) in [6.07, 6.45) is 0.385. The third-order valence-corrected chi connectivity index (χ3v) is 3.82. The summed E-state index contributed by atoms with van der Waals surface area (Å²) in [4.78, 5) is 37.9. The molecule has 0 spiro atoms. The molecule has 2 N–H and O–H groups in total. The van der Waals surface area contributed by atoms with Crippen LogP contribution < -0.4 is 5.32 Å². The molecular weight excluding hydrogens is 338 g/mol. The van der Waals surface area contributed by atoms with Crippen LogP contribution in [0.2, 0.25) is 0 Å². The molecule has 1 heterocycles. The van der Waals surface area contributed by atoms with E-state index in [-0.39, 0.29) is 11.4 Å². The van der Waals surface area contributed by atoms with Crippen LogP contribution in [-0.4, -0.2) is 27.9 Å². The van der Waals surface area contributed by atoms with E-state index < -0.39 is 22.9 Å². The van der Waals surface area contributed by atoms with Gasteiger partial charge in [0.15, 0.2) is 6.10 Å². The lowest BCUT2D eigenvalue weighted by Crippen LogP contribution is -2.30. The van der Waals surface area contributed by atoms with Gasteiger partial charge in [0.25, 0.3) is 11.6 Å². The van der Waals surface area contributed by atoms with Gasteiger partial charge in [0.2, 0.25) is 0 Å². The number of benzene rings is 2. The molecule has 8 nitrogen and oxygen atoms in total. The number of ether oxygens (including phenoxy) is 1. The maximum atomic E-state index is 12.3. The molecular formula is C18H15N3O5. The van der Waals surface area contributed by atoms with E-state index in [0.717, 1.165) is 5.52 Å². The maximum absolute atomic E-state index is 12.3. The fourth-order valence-corrected chi connectivity index (χ4v) is 2.49. The molecule has 0 bridgehead atoms. The number of H-pyrrole nitrogens is 1. The third-order valence-electron chi connectivity index (χ3n) is 3.82. The van der Waals surface area contributed by atoms with E-state index in [4.69, 9.17) is 4.74 Å². The molecule has 1 amide bonds. The van der Waals surface area contributed by atoms with Crippen molar-refractivity contribution in [3.63, 3.8) is 0 Å². The summed E-state index contributed by atoms with van der Waals surface area (Å²) in [5.41, 5.74) is 0.885. The Hall–Kier alpha value is -3.68. The van der Waals surface area contributed by atoms with Crippen LogP contribution in [-0.2, 0) is 9.53 Å². The molecule has 0 unspecified atom stereocenters. The van der Waals surface area contributed by atoms with Gasteiger partial charge >= 0.3 is 5.97 Å². The van der Waals surface area contributed by atoms with Crippen molar-refractivity contribution in [1.82, 2.24) is 4.98 Å². The number of amides is 1. The van der Waals surface area contributed by atoms with Gasteiger partial charge in [-0.1, -0.05) is 30.3 Å². The predicted octanol–water partition coefficient (Wildman–Crippen LogP) is 3.26. The summed E-state index contributed by atoms with van der Waals surface area (Å²) < 4.78 is 5.20. The molecule has 0 aliphatic heterocycles. The highest BCUT2D eigenvalue weighted by Crippen LogP contribution is 2.24. The second-order valence-corrected chi connectivity index (χ2v) is 5.56. The number of fused-ring (bicyclic) bond motifs is 1. The van der Waals surface area contributed by atoms with Crippen molar-refractivity contribution < 1.29 is 19.2 Å². The fraction of sp³-hybridized carbons (Fsp3) is 0.111. The second-order valence-electron chi connectivity index (χ2n) is 5.56. The highest BCUT2D eigenvalue weighted by molar-refractivity contribution is 6.05. The number of esters is 1. The summed E-state index contributed by atoms with van der Waals surface area (Å²) in [6, 6.07) is 12.9. The zero-order chi connectivity index (χ0) is 18.7. The van der Waals surface area contributed by atoms with Crippen molar-refractivity contribution in [3.8, 4) is 0 Å². The summed E-state index contributed by atoms with van der Waals surface area (Å²) in [5.74, 6) is -1.32. The Kier molecular flexibility index (Phi) is 4.66. The minimum atomic E-state index is -1.13. The number of carbonyl (C=O) groups excluding carboxylic acids is 2. The standard InChI is InChI=1S/C18H15N3O5/c1-11(17(22)20-15-8-4-5-9-16(15)21(24)25)26-18(23)13-10-19-14-7-3-2-6-12(13)14/h2-11,19H,1H3,(H,20,22)/t11-/m0/s1. The first-order valence-corrected chi connectivity index (χ1v) is 7.78. The number of nitrogens with one attached hydrogen (secondary N) is 2. The van der Waals surface area contributed by atoms with Crippen LogP contribution in [0.5, 0.6) is 0 Å².